The van der Waals surface area contributed by atoms with Gasteiger partial charge in [-0.1, -0.05) is 48.9 Å². The summed E-state index contributed by atoms with van der Waals surface area (Å²) in [6.45, 7) is 3.67. The predicted octanol–water partition coefficient (Wildman–Crippen LogP) is 4.89. The van der Waals surface area contributed by atoms with Crippen LogP contribution in [-0.4, -0.2) is 30.5 Å². The number of hydrogen-bond acceptors (Lipinski definition) is 3. The van der Waals surface area contributed by atoms with Gasteiger partial charge in [0.1, 0.15) is 5.82 Å². The third-order valence-electron chi connectivity index (χ3n) is 5.27. The minimum Gasteiger partial charge on any atom is -0.355 e. The Morgan fingerprint density at radius 1 is 1.28 bits per heavy atom. The zero-order chi connectivity index (χ0) is 21.0. The summed E-state index contributed by atoms with van der Waals surface area (Å²) < 4.78 is 38.3. The molecule has 156 valence electrons. The largest absolute Gasteiger partial charge is 0.417 e. The van der Waals surface area contributed by atoms with Crippen molar-refractivity contribution in [1.82, 2.24) is 10.3 Å². The second-order valence-electron chi connectivity index (χ2n) is 7.35. The fraction of sp³-hybridized carbons (Fsp3) is 0.429. The lowest BCUT2D eigenvalue weighted by molar-refractivity contribution is -0.137. The van der Waals surface area contributed by atoms with E-state index in [0.717, 1.165) is 12.3 Å². The molecule has 0 spiro atoms. The number of piperidine rings is 1. The number of carbonyl (C=O) groups is 1. The SMILES string of the molecule is CC(CNC(=O)C1CCN(c2ncc(C(F)(F)F)cc2Cl)CC1)c1ccccc1. The number of nitrogens with one attached hydrogen (secondary N) is 1. The van der Waals surface area contributed by atoms with E-state index in [-0.39, 0.29) is 22.8 Å². The van der Waals surface area contributed by atoms with E-state index in [4.69, 9.17) is 11.6 Å². The van der Waals surface area contributed by atoms with E-state index >= 15 is 0 Å². The molecule has 8 heteroatoms. The summed E-state index contributed by atoms with van der Waals surface area (Å²) in [7, 11) is 0. The summed E-state index contributed by atoms with van der Waals surface area (Å²) >= 11 is 6.03. The maximum absolute atomic E-state index is 12.8. The van der Waals surface area contributed by atoms with Crippen molar-refractivity contribution in [2.75, 3.05) is 24.5 Å². The van der Waals surface area contributed by atoms with Crippen LogP contribution < -0.4 is 10.2 Å². The van der Waals surface area contributed by atoms with Gasteiger partial charge in [-0.15, -0.1) is 0 Å². The molecule has 1 aliphatic heterocycles. The first-order chi connectivity index (χ1) is 13.8. The number of carbonyl (C=O) groups excluding carboxylic acids is 1. The van der Waals surface area contributed by atoms with Crippen molar-refractivity contribution >= 4 is 23.3 Å². The van der Waals surface area contributed by atoms with Crippen molar-refractivity contribution in [3.05, 3.63) is 58.7 Å². The molecule has 1 fully saturated rings. The molecule has 29 heavy (non-hydrogen) atoms. The van der Waals surface area contributed by atoms with E-state index in [9.17, 15) is 18.0 Å². The molecule has 3 rings (SSSR count). The quantitative estimate of drug-likeness (QED) is 0.741. The van der Waals surface area contributed by atoms with Crippen LogP contribution in [-0.2, 0) is 11.0 Å². The highest BCUT2D eigenvalue weighted by atomic mass is 35.5. The standard InChI is InChI=1S/C21H23ClF3N3O/c1-14(15-5-3-2-4-6-15)12-27-20(29)16-7-9-28(10-8-16)19-18(22)11-17(13-26-19)21(23,24)25/h2-6,11,13-14,16H,7-10,12H2,1H3,(H,27,29). The third kappa shape index (κ3) is 5.41. The van der Waals surface area contributed by atoms with Gasteiger partial charge in [0.2, 0.25) is 5.91 Å². The molecule has 2 heterocycles. The molecule has 1 saturated heterocycles. The number of benzene rings is 1. The normalized spacial score (nSPS) is 16.5. The number of anilines is 1. The number of rotatable bonds is 5. The second kappa shape index (κ2) is 9.03. The molecule has 1 aromatic heterocycles. The molecule has 0 bridgehead atoms. The molecular formula is C21H23ClF3N3O. The van der Waals surface area contributed by atoms with Crippen LogP contribution in [0, 0.1) is 5.92 Å². The van der Waals surface area contributed by atoms with Crippen LogP contribution in [0.15, 0.2) is 42.6 Å². The molecule has 0 saturated carbocycles. The van der Waals surface area contributed by atoms with Crippen LogP contribution in [0.2, 0.25) is 5.02 Å². The van der Waals surface area contributed by atoms with Crippen LogP contribution in [0.4, 0.5) is 19.0 Å². The van der Waals surface area contributed by atoms with Crippen molar-refractivity contribution in [3.8, 4) is 0 Å². The maximum Gasteiger partial charge on any atom is 0.417 e. The Labute approximate surface area is 173 Å². The minimum absolute atomic E-state index is 0.0129. The number of amides is 1. The number of alkyl halides is 3. The van der Waals surface area contributed by atoms with E-state index in [1.165, 1.54) is 5.56 Å². The van der Waals surface area contributed by atoms with Gasteiger partial charge in [0.15, 0.2) is 0 Å². The first-order valence-corrected chi connectivity index (χ1v) is 9.94. The van der Waals surface area contributed by atoms with Crippen molar-refractivity contribution in [2.24, 2.45) is 5.92 Å². The van der Waals surface area contributed by atoms with Gasteiger partial charge >= 0.3 is 6.18 Å². The van der Waals surface area contributed by atoms with E-state index in [2.05, 4.69) is 17.2 Å². The first-order valence-electron chi connectivity index (χ1n) is 9.56. The fourth-order valence-electron chi connectivity index (χ4n) is 3.47. The van der Waals surface area contributed by atoms with Gasteiger partial charge in [0.05, 0.1) is 10.6 Å². The first kappa shape index (κ1) is 21.4. The van der Waals surface area contributed by atoms with Crippen LogP contribution >= 0.6 is 11.6 Å². The molecule has 2 aromatic rings. The van der Waals surface area contributed by atoms with Crippen molar-refractivity contribution in [3.63, 3.8) is 0 Å². The molecule has 1 unspecified atom stereocenters. The van der Waals surface area contributed by atoms with Crippen molar-refractivity contribution in [1.29, 1.82) is 0 Å². The predicted molar refractivity (Wildman–Crippen MR) is 107 cm³/mol. The summed E-state index contributed by atoms with van der Waals surface area (Å²) in [5, 5.41) is 2.99. The number of halogens is 4. The molecule has 4 nitrogen and oxygen atoms in total. The monoisotopic (exact) mass is 425 g/mol. The number of pyridine rings is 1. The summed E-state index contributed by atoms with van der Waals surface area (Å²) in [4.78, 5) is 18.2. The molecule has 1 aromatic carbocycles. The Kier molecular flexibility index (Phi) is 6.67. The third-order valence-corrected chi connectivity index (χ3v) is 5.54. The van der Waals surface area contributed by atoms with Crippen molar-refractivity contribution in [2.45, 2.75) is 31.9 Å². The zero-order valence-corrected chi connectivity index (χ0v) is 16.8. The van der Waals surface area contributed by atoms with E-state index in [1.54, 1.807) is 0 Å². The van der Waals surface area contributed by atoms with Gasteiger partial charge in [-0.05, 0) is 30.4 Å². The molecule has 1 atom stereocenters. The molecule has 1 aliphatic rings. The Morgan fingerprint density at radius 2 is 1.93 bits per heavy atom. The maximum atomic E-state index is 12.8. The second-order valence-corrected chi connectivity index (χ2v) is 7.75. The summed E-state index contributed by atoms with van der Waals surface area (Å²) in [6.07, 6.45) is -2.47. The summed E-state index contributed by atoms with van der Waals surface area (Å²) in [5.74, 6) is 0.438. The lowest BCUT2D eigenvalue weighted by atomic mass is 9.95. The topological polar surface area (TPSA) is 45.2 Å². The van der Waals surface area contributed by atoms with Crippen molar-refractivity contribution < 1.29 is 18.0 Å². The van der Waals surface area contributed by atoms with Gasteiger partial charge in [-0.25, -0.2) is 4.98 Å². The lowest BCUT2D eigenvalue weighted by Gasteiger charge is -2.33. The zero-order valence-electron chi connectivity index (χ0n) is 16.0. The van der Waals surface area contributed by atoms with Gasteiger partial charge in [0, 0.05) is 31.7 Å². The Hall–Kier alpha value is -2.28. The fourth-order valence-corrected chi connectivity index (χ4v) is 3.76. The Morgan fingerprint density at radius 3 is 2.52 bits per heavy atom. The number of hydrogen-bond donors (Lipinski definition) is 1. The molecule has 1 amide bonds. The number of nitrogens with zero attached hydrogens (tertiary/aromatic N) is 2. The molecule has 0 aliphatic carbocycles. The smallest absolute Gasteiger partial charge is 0.355 e. The van der Waals surface area contributed by atoms with E-state index < -0.39 is 11.7 Å². The van der Waals surface area contributed by atoms with Crippen LogP contribution in [0.25, 0.3) is 0 Å². The molecule has 0 radical (unpaired) electrons. The highest BCUT2D eigenvalue weighted by Gasteiger charge is 2.33. The lowest BCUT2D eigenvalue weighted by Crippen LogP contribution is -2.41. The highest BCUT2D eigenvalue weighted by Crippen LogP contribution is 2.34. The van der Waals surface area contributed by atoms with Crippen LogP contribution in [0.3, 0.4) is 0 Å². The highest BCUT2D eigenvalue weighted by molar-refractivity contribution is 6.33. The van der Waals surface area contributed by atoms with Gasteiger partial charge in [-0.3, -0.25) is 4.79 Å². The Bertz CT molecular complexity index is 837. The Balaban J connectivity index is 1.52. The van der Waals surface area contributed by atoms with Crippen LogP contribution in [0.5, 0.6) is 0 Å². The average molecular weight is 426 g/mol. The van der Waals surface area contributed by atoms with E-state index in [1.807, 2.05) is 35.2 Å². The van der Waals surface area contributed by atoms with Gasteiger partial charge in [-0.2, -0.15) is 13.2 Å². The molecule has 1 N–H and O–H groups in total. The van der Waals surface area contributed by atoms with Gasteiger partial charge in [0.25, 0.3) is 0 Å². The minimum atomic E-state index is -4.48. The molecular weight excluding hydrogens is 403 g/mol. The summed E-state index contributed by atoms with van der Waals surface area (Å²) in [6, 6.07) is 10.9. The average Bonchev–Trinajstić information content (AvgIpc) is 2.72. The van der Waals surface area contributed by atoms with Crippen LogP contribution in [0.1, 0.15) is 36.8 Å². The van der Waals surface area contributed by atoms with Gasteiger partial charge < -0.3 is 10.2 Å². The van der Waals surface area contributed by atoms with E-state index in [0.29, 0.717) is 38.3 Å². The summed E-state index contributed by atoms with van der Waals surface area (Å²) in [5.41, 5.74) is 0.304. The number of aromatic nitrogens is 1.